The summed E-state index contributed by atoms with van der Waals surface area (Å²) < 4.78 is 10.5. The van der Waals surface area contributed by atoms with Gasteiger partial charge in [0.25, 0.3) is 0 Å². The molecule has 114 valence electrons. The molecular weight excluding hydrogens is 258 g/mol. The van der Waals surface area contributed by atoms with Crippen LogP contribution in [0.3, 0.4) is 0 Å². The molecule has 1 aromatic rings. The summed E-state index contributed by atoms with van der Waals surface area (Å²) >= 11 is 0. The molecule has 0 aliphatic heterocycles. The van der Waals surface area contributed by atoms with Gasteiger partial charge in [-0.25, -0.2) is 0 Å². The van der Waals surface area contributed by atoms with E-state index in [1.807, 2.05) is 0 Å². The van der Waals surface area contributed by atoms with Gasteiger partial charge in [-0.05, 0) is 12.3 Å². The van der Waals surface area contributed by atoms with Crippen molar-refractivity contribution in [2.45, 2.75) is 27.2 Å². The second kappa shape index (κ2) is 9.30. The van der Waals surface area contributed by atoms with Gasteiger partial charge >= 0.3 is 6.01 Å². The Kier molecular flexibility index (Phi) is 7.64. The molecule has 1 rings (SSSR count). The van der Waals surface area contributed by atoms with E-state index in [2.05, 4.69) is 46.4 Å². The molecule has 0 atom stereocenters. The Morgan fingerprint density at radius 1 is 1.05 bits per heavy atom. The van der Waals surface area contributed by atoms with Gasteiger partial charge < -0.3 is 20.1 Å². The van der Waals surface area contributed by atoms with Crippen molar-refractivity contribution in [3.63, 3.8) is 0 Å². The van der Waals surface area contributed by atoms with Crippen LogP contribution in [-0.2, 0) is 4.74 Å². The van der Waals surface area contributed by atoms with Gasteiger partial charge in [-0.2, -0.15) is 15.0 Å². The highest BCUT2D eigenvalue weighted by Gasteiger charge is 2.05. The van der Waals surface area contributed by atoms with Crippen molar-refractivity contribution < 1.29 is 9.47 Å². The van der Waals surface area contributed by atoms with Crippen molar-refractivity contribution in [1.29, 1.82) is 0 Å². The van der Waals surface area contributed by atoms with E-state index in [1.165, 1.54) is 7.11 Å². The number of ether oxygens (including phenoxy) is 2. The molecule has 0 fully saturated rings. The third-order valence-electron chi connectivity index (χ3n) is 2.31. The Labute approximate surface area is 120 Å². The lowest BCUT2D eigenvalue weighted by Gasteiger charge is -2.10. The molecule has 0 bridgehead atoms. The highest BCUT2D eigenvalue weighted by atomic mass is 16.5. The molecule has 0 aliphatic carbocycles. The maximum atomic E-state index is 5.49. The zero-order chi connectivity index (χ0) is 14.8. The van der Waals surface area contributed by atoms with Gasteiger partial charge in [-0.3, -0.25) is 0 Å². The average molecular weight is 283 g/mol. The molecule has 20 heavy (non-hydrogen) atoms. The zero-order valence-corrected chi connectivity index (χ0v) is 12.8. The van der Waals surface area contributed by atoms with Crippen molar-refractivity contribution in [2.24, 2.45) is 5.92 Å². The van der Waals surface area contributed by atoms with E-state index in [0.717, 1.165) is 19.6 Å². The maximum absolute atomic E-state index is 5.49. The third kappa shape index (κ3) is 6.51. The number of nitrogens with zero attached hydrogens (tertiary/aromatic N) is 3. The van der Waals surface area contributed by atoms with E-state index in [9.17, 15) is 0 Å². The van der Waals surface area contributed by atoms with Crippen LogP contribution in [0, 0.1) is 5.92 Å². The number of hydrogen-bond donors (Lipinski definition) is 2. The summed E-state index contributed by atoms with van der Waals surface area (Å²) in [6.07, 6.45) is 1.000. The molecule has 0 aromatic carbocycles. The quantitative estimate of drug-likeness (QED) is 0.633. The predicted molar refractivity (Wildman–Crippen MR) is 79.3 cm³/mol. The fourth-order valence-electron chi connectivity index (χ4n) is 1.40. The van der Waals surface area contributed by atoms with E-state index in [-0.39, 0.29) is 0 Å². The summed E-state index contributed by atoms with van der Waals surface area (Å²) in [7, 11) is 1.54. The highest BCUT2D eigenvalue weighted by molar-refractivity contribution is 5.35. The first kappa shape index (κ1) is 16.4. The summed E-state index contributed by atoms with van der Waals surface area (Å²) in [5.74, 6) is 1.55. The van der Waals surface area contributed by atoms with Gasteiger partial charge in [0.2, 0.25) is 11.9 Å². The molecule has 2 N–H and O–H groups in total. The van der Waals surface area contributed by atoms with Crippen molar-refractivity contribution in [2.75, 3.05) is 44.0 Å². The largest absolute Gasteiger partial charge is 0.467 e. The van der Waals surface area contributed by atoms with Gasteiger partial charge in [0.1, 0.15) is 0 Å². The summed E-state index contributed by atoms with van der Waals surface area (Å²) in [5, 5.41) is 6.22. The molecule has 0 saturated heterocycles. The third-order valence-corrected chi connectivity index (χ3v) is 2.31. The highest BCUT2D eigenvalue weighted by Crippen LogP contribution is 2.10. The van der Waals surface area contributed by atoms with Crippen LogP contribution < -0.4 is 15.4 Å². The molecule has 0 saturated carbocycles. The first-order chi connectivity index (χ1) is 9.65. The minimum atomic E-state index is 0.296. The van der Waals surface area contributed by atoms with Crippen LogP contribution in [0.25, 0.3) is 0 Å². The minimum absolute atomic E-state index is 0.296. The molecule has 0 spiro atoms. The summed E-state index contributed by atoms with van der Waals surface area (Å²) in [6, 6.07) is 0.296. The lowest BCUT2D eigenvalue weighted by Crippen LogP contribution is -2.15. The van der Waals surface area contributed by atoms with Crippen LogP contribution in [0.15, 0.2) is 0 Å². The number of hydrogen-bond acceptors (Lipinski definition) is 7. The Hall–Kier alpha value is -1.63. The SMILES string of the molecule is CCCNc1nc(NCCOCC(C)C)nc(OC)n1. The first-order valence-electron chi connectivity index (χ1n) is 7.01. The van der Waals surface area contributed by atoms with Crippen molar-refractivity contribution in [1.82, 2.24) is 15.0 Å². The summed E-state index contributed by atoms with van der Waals surface area (Å²) in [6.45, 7) is 9.15. The zero-order valence-electron chi connectivity index (χ0n) is 12.8. The van der Waals surface area contributed by atoms with Crippen LogP contribution >= 0.6 is 0 Å². The molecule has 0 amide bonds. The standard InChI is InChI=1S/C13H25N5O2/c1-5-6-14-11-16-12(18-13(17-11)19-4)15-7-8-20-9-10(2)3/h10H,5-9H2,1-4H3,(H2,14,15,16,17,18). The van der Waals surface area contributed by atoms with Crippen LogP contribution in [0.4, 0.5) is 11.9 Å². The molecule has 0 radical (unpaired) electrons. The van der Waals surface area contributed by atoms with E-state index >= 15 is 0 Å². The van der Waals surface area contributed by atoms with E-state index in [1.54, 1.807) is 0 Å². The topological polar surface area (TPSA) is 81.2 Å². The number of methoxy groups -OCH3 is 1. The normalized spacial score (nSPS) is 10.7. The number of nitrogens with one attached hydrogen (secondary N) is 2. The molecule has 0 aliphatic rings. The first-order valence-corrected chi connectivity index (χ1v) is 7.01. The fraction of sp³-hybridized carbons (Fsp3) is 0.769. The molecule has 1 aromatic heterocycles. The van der Waals surface area contributed by atoms with Crippen LogP contribution in [0.1, 0.15) is 27.2 Å². The van der Waals surface area contributed by atoms with E-state index in [4.69, 9.17) is 9.47 Å². The van der Waals surface area contributed by atoms with Crippen molar-refractivity contribution in [3.8, 4) is 6.01 Å². The smallest absolute Gasteiger partial charge is 0.322 e. The second-order valence-electron chi connectivity index (χ2n) is 4.79. The average Bonchev–Trinajstić information content (AvgIpc) is 2.44. The molecule has 7 nitrogen and oxygen atoms in total. The van der Waals surface area contributed by atoms with Crippen LogP contribution in [0.2, 0.25) is 0 Å². The van der Waals surface area contributed by atoms with Crippen LogP contribution in [-0.4, -0.2) is 48.4 Å². The van der Waals surface area contributed by atoms with Crippen LogP contribution in [0.5, 0.6) is 6.01 Å². The lowest BCUT2D eigenvalue weighted by atomic mass is 10.2. The monoisotopic (exact) mass is 283 g/mol. The Balaban J connectivity index is 2.46. The number of anilines is 2. The Bertz CT molecular complexity index is 387. The number of aromatic nitrogens is 3. The predicted octanol–water partition coefficient (Wildman–Crippen LogP) is 1.79. The van der Waals surface area contributed by atoms with Crippen molar-refractivity contribution >= 4 is 11.9 Å². The molecule has 0 unspecified atom stereocenters. The van der Waals surface area contributed by atoms with Crippen molar-refractivity contribution in [3.05, 3.63) is 0 Å². The maximum Gasteiger partial charge on any atom is 0.322 e. The van der Waals surface area contributed by atoms with E-state index in [0.29, 0.717) is 37.0 Å². The Morgan fingerprint density at radius 3 is 2.25 bits per heavy atom. The van der Waals surface area contributed by atoms with Gasteiger partial charge in [0.05, 0.1) is 13.7 Å². The molecule has 7 heteroatoms. The molecule has 1 heterocycles. The van der Waals surface area contributed by atoms with Gasteiger partial charge in [-0.1, -0.05) is 20.8 Å². The van der Waals surface area contributed by atoms with E-state index < -0.39 is 0 Å². The van der Waals surface area contributed by atoms with Gasteiger partial charge in [0, 0.05) is 19.7 Å². The number of rotatable bonds is 10. The fourth-order valence-corrected chi connectivity index (χ4v) is 1.40. The summed E-state index contributed by atoms with van der Waals surface area (Å²) in [4.78, 5) is 12.5. The second-order valence-corrected chi connectivity index (χ2v) is 4.79. The molecular formula is C13H25N5O2. The Morgan fingerprint density at radius 2 is 1.70 bits per heavy atom. The van der Waals surface area contributed by atoms with Gasteiger partial charge in [0.15, 0.2) is 0 Å². The summed E-state index contributed by atoms with van der Waals surface area (Å²) in [5.41, 5.74) is 0. The minimum Gasteiger partial charge on any atom is -0.467 e. The van der Waals surface area contributed by atoms with Gasteiger partial charge in [-0.15, -0.1) is 0 Å². The lowest BCUT2D eigenvalue weighted by molar-refractivity contribution is 0.118.